The van der Waals surface area contributed by atoms with Crippen molar-refractivity contribution in [3.8, 4) is 5.69 Å². The second-order valence-corrected chi connectivity index (χ2v) is 4.84. The normalized spacial score (nSPS) is 14.6. The molecule has 1 aromatic carbocycles. The Morgan fingerprint density at radius 1 is 1.11 bits per heavy atom. The lowest BCUT2D eigenvalue weighted by molar-refractivity contribution is 0.0972. The van der Waals surface area contributed by atoms with E-state index in [9.17, 15) is 4.79 Å². The number of aromatic nitrogens is 1. The first kappa shape index (κ1) is 11.3. The van der Waals surface area contributed by atoms with Crippen molar-refractivity contribution in [1.29, 1.82) is 0 Å². The Bertz CT molecular complexity index is 578. The van der Waals surface area contributed by atoms with Crippen molar-refractivity contribution < 1.29 is 4.79 Å². The Labute approximate surface area is 107 Å². The molecule has 92 valence electrons. The van der Waals surface area contributed by atoms with E-state index in [0.717, 1.165) is 30.5 Å². The van der Waals surface area contributed by atoms with Gasteiger partial charge in [0.25, 0.3) is 0 Å². The van der Waals surface area contributed by atoms with Gasteiger partial charge < -0.3 is 4.57 Å². The molecule has 0 fully saturated rings. The van der Waals surface area contributed by atoms with Gasteiger partial charge in [-0.15, -0.1) is 0 Å². The van der Waals surface area contributed by atoms with Crippen LogP contribution in [0.15, 0.2) is 36.5 Å². The van der Waals surface area contributed by atoms with Gasteiger partial charge in [0.15, 0.2) is 5.78 Å². The summed E-state index contributed by atoms with van der Waals surface area (Å²) in [6.07, 6.45) is 5.76. The Morgan fingerprint density at radius 2 is 1.89 bits per heavy atom. The highest BCUT2D eigenvalue weighted by Crippen LogP contribution is 2.25. The molecule has 0 radical (unpaired) electrons. The fourth-order valence-electron chi connectivity index (χ4n) is 2.66. The fraction of sp³-hybridized carbons (Fsp3) is 0.312. The van der Waals surface area contributed by atoms with Gasteiger partial charge in [-0.2, -0.15) is 0 Å². The topological polar surface area (TPSA) is 22.0 Å². The summed E-state index contributed by atoms with van der Waals surface area (Å²) >= 11 is 0. The zero-order chi connectivity index (χ0) is 12.5. The number of nitrogens with zero attached hydrogens (tertiary/aromatic N) is 1. The number of rotatable bonds is 2. The number of carbonyl (C=O) groups excluding carboxylic acids is 1. The maximum atomic E-state index is 11.8. The van der Waals surface area contributed by atoms with Crippen molar-refractivity contribution in [2.45, 2.75) is 32.6 Å². The van der Waals surface area contributed by atoms with E-state index < -0.39 is 0 Å². The van der Waals surface area contributed by atoms with E-state index in [4.69, 9.17) is 0 Å². The molecule has 0 aliphatic heterocycles. The van der Waals surface area contributed by atoms with Crippen LogP contribution >= 0.6 is 0 Å². The van der Waals surface area contributed by atoms with E-state index >= 15 is 0 Å². The lowest BCUT2D eigenvalue weighted by Crippen LogP contribution is -2.12. The van der Waals surface area contributed by atoms with Gasteiger partial charge in [0.05, 0.1) is 0 Å². The number of carbonyl (C=O) groups is 1. The molecule has 18 heavy (non-hydrogen) atoms. The van der Waals surface area contributed by atoms with Gasteiger partial charge in [-0.25, -0.2) is 0 Å². The van der Waals surface area contributed by atoms with Crippen LogP contribution < -0.4 is 0 Å². The number of Topliss-reactive ketones (excluding diaryl/α,β-unsaturated/α-hetero) is 1. The minimum absolute atomic E-state index is 0.292. The van der Waals surface area contributed by atoms with Crippen molar-refractivity contribution in [3.63, 3.8) is 0 Å². The molecule has 3 rings (SSSR count). The van der Waals surface area contributed by atoms with Gasteiger partial charge in [-0.05, 0) is 43.0 Å². The van der Waals surface area contributed by atoms with Gasteiger partial charge in [0.2, 0.25) is 0 Å². The van der Waals surface area contributed by atoms with Crippen molar-refractivity contribution in [2.75, 3.05) is 0 Å². The van der Waals surface area contributed by atoms with Gasteiger partial charge in [0, 0.05) is 29.6 Å². The second kappa shape index (κ2) is 4.45. The van der Waals surface area contributed by atoms with Crippen LogP contribution in [0.3, 0.4) is 0 Å². The molecule has 0 amide bonds. The Kier molecular flexibility index (Phi) is 2.78. The summed E-state index contributed by atoms with van der Waals surface area (Å²) in [6.45, 7) is 2.16. The minimum Gasteiger partial charge on any atom is -0.320 e. The summed E-state index contributed by atoms with van der Waals surface area (Å²) in [5, 5.41) is 0. The van der Waals surface area contributed by atoms with E-state index in [1.165, 1.54) is 11.3 Å². The van der Waals surface area contributed by atoms with Crippen molar-refractivity contribution in [3.05, 3.63) is 53.3 Å². The lowest BCUT2D eigenvalue weighted by Gasteiger charge is -2.15. The predicted molar refractivity (Wildman–Crippen MR) is 72.4 cm³/mol. The Balaban J connectivity index is 2.04. The summed E-state index contributed by atoms with van der Waals surface area (Å²) in [5.41, 5.74) is 4.59. The highest BCUT2D eigenvalue weighted by molar-refractivity contribution is 5.98. The third-order valence-electron chi connectivity index (χ3n) is 3.73. The van der Waals surface area contributed by atoms with Crippen LogP contribution in [0.5, 0.6) is 0 Å². The molecule has 0 spiro atoms. The van der Waals surface area contributed by atoms with Crippen LogP contribution in [0.1, 0.15) is 41.4 Å². The highest BCUT2D eigenvalue weighted by Gasteiger charge is 2.20. The van der Waals surface area contributed by atoms with Crippen molar-refractivity contribution in [2.24, 2.45) is 0 Å². The minimum atomic E-state index is 0.292. The molecule has 1 aliphatic carbocycles. The number of hydrogen-bond acceptors (Lipinski definition) is 1. The fourth-order valence-corrected chi connectivity index (χ4v) is 2.66. The van der Waals surface area contributed by atoms with E-state index in [0.29, 0.717) is 12.2 Å². The summed E-state index contributed by atoms with van der Waals surface area (Å²) < 4.78 is 2.16. The summed E-state index contributed by atoms with van der Waals surface area (Å²) in [6, 6.07) is 10.6. The first-order valence-electron chi connectivity index (χ1n) is 6.62. The molecule has 0 unspecified atom stereocenters. The van der Waals surface area contributed by atoms with Crippen LogP contribution in [0.2, 0.25) is 0 Å². The zero-order valence-electron chi connectivity index (χ0n) is 10.6. The summed E-state index contributed by atoms with van der Waals surface area (Å²) in [4.78, 5) is 11.8. The Hall–Kier alpha value is -1.83. The number of benzene rings is 1. The smallest absolute Gasteiger partial charge is 0.164 e. The SMILES string of the molecule is CCc1ccc(-n2ccc3c2CCCC3=O)cc1. The third kappa shape index (κ3) is 1.78. The summed E-state index contributed by atoms with van der Waals surface area (Å²) in [5.74, 6) is 0.292. The second-order valence-electron chi connectivity index (χ2n) is 4.84. The zero-order valence-corrected chi connectivity index (χ0v) is 10.6. The highest BCUT2D eigenvalue weighted by atomic mass is 16.1. The average molecular weight is 239 g/mol. The molecular formula is C16H17NO. The molecule has 2 nitrogen and oxygen atoms in total. The third-order valence-corrected chi connectivity index (χ3v) is 3.73. The quantitative estimate of drug-likeness (QED) is 0.785. The standard InChI is InChI=1S/C16H17NO/c1-2-12-6-8-13(9-7-12)17-11-10-14-15(17)4-3-5-16(14)18/h6-11H,2-5H2,1H3. The maximum absolute atomic E-state index is 11.8. The predicted octanol–water partition coefficient (Wildman–Crippen LogP) is 3.56. The Morgan fingerprint density at radius 3 is 2.61 bits per heavy atom. The molecule has 0 bridgehead atoms. The van der Waals surface area contributed by atoms with Crippen molar-refractivity contribution >= 4 is 5.78 Å². The van der Waals surface area contributed by atoms with Crippen LogP contribution in [0, 0.1) is 0 Å². The van der Waals surface area contributed by atoms with Crippen molar-refractivity contribution in [1.82, 2.24) is 4.57 Å². The van der Waals surface area contributed by atoms with E-state index in [-0.39, 0.29) is 0 Å². The van der Waals surface area contributed by atoms with E-state index in [1.807, 2.05) is 12.3 Å². The average Bonchev–Trinajstić information content (AvgIpc) is 2.84. The summed E-state index contributed by atoms with van der Waals surface area (Å²) in [7, 11) is 0. The molecule has 1 aromatic heterocycles. The maximum Gasteiger partial charge on any atom is 0.164 e. The van der Waals surface area contributed by atoms with Gasteiger partial charge in [0.1, 0.15) is 0 Å². The number of aryl methyl sites for hydroxylation is 1. The van der Waals surface area contributed by atoms with Gasteiger partial charge in [-0.1, -0.05) is 19.1 Å². The molecule has 0 saturated carbocycles. The lowest BCUT2D eigenvalue weighted by atomic mass is 9.96. The first-order chi connectivity index (χ1) is 8.79. The van der Waals surface area contributed by atoms with E-state index in [1.54, 1.807) is 0 Å². The molecule has 0 N–H and O–H groups in total. The molecule has 1 heterocycles. The first-order valence-corrected chi connectivity index (χ1v) is 6.62. The number of ketones is 1. The van der Waals surface area contributed by atoms with Gasteiger partial charge in [-0.3, -0.25) is 4.79 Å². The van der Waals surface area contributed by atoms with Gasteiger partial charge >= 0.3 is 0 Å². The van der Waals surface area contributed by atoms with Crippen LogP contribution in [-0.4, -0.2) is 10.4 Å². The molecule has 0 atom stereocenters. The molecular weight excluding hydrogens is 222 g/mol. The number of hydrogen-bond donors (Lipinski definition) is 0. The molecule has 1 aliphatic rings. The molecule has 2 heteroatoms. The van der Waals surface area contributed by atoms with E-state index in [2.05, 4.69) is 35.8 Å². The number of fused-ring (bicyclic) bond motifs is 1. The van der Waals surface area contributed by atoms with Crippen LogP contribution in [0.4, 0.5) is 0 Å². The molecule has 2 aromatic rings. The van der Waals surface area contributed by atoms with Crippen LogP contribution in [-0.2, 0) is 12.8 Å². The van der Waals surface area contributed by atoms with Crippen LogP contribution in [0.25, 0.3) is 5.69 Å². The molecule has 0 saturated heterocycles. The monoisotopic (exact) mass is 239 g/mol. The largest absolute Gasteiger partial charge is 0.320 e.